The lowest BCUT2D eigenvalue weighted by Crippen LogP contribution is -2.34. The van der Waals surface area contributed by atoms with Gasteiger partial charge in [-0.05, 0) is 61.1 Å². The minimum atomic E-state index is -0.193. The summed E-state index contributed by atoms with van der Waals surface area (Å²) in [7, 11) is 4.10. The van der Waals surface area contributed by atoms with Gasteiger partial charge >= 0.3 is 5.97 Å². The van der Waals surface area contributed by atoms with Crippen LogP contribution in [0.4, 0.5) is 0 Å². The Morgan fingerprint density at radius 3 is 2.65 bits per heavy atom. The molecular formula is C30H43N3O3S. The summed E-state index contributed by atoms with van der Waals surface area (Å²) in [6.07, 6.45) is 17.7. The first-order valence-corrected chi connectivity index (χ1v) is 13.9. The van der Waals surface area contributed by atoms with Crippen LogP contribution in [0, 0.1) is 0 Å². The van der Waals surface area contributed by atoms with Gasteiger partial charge in [-0.15, -0.1) is 11.3 Å². The normalized spacial score (nSPS) is 22.6. The fraction of sp³-hybridized carbons (Fsp3) is 0.500. The van der Waals surface area contributed by atoms with E-state index in [0.29, 0.717) is 19.3 Å². The first-order chi connectivity index (χ1) is 17.6. The van der Waals surface area contributed by atoms with Crippen LogP contribution in [0.2, 0.25) is 0 Å². The van der Waals surface area contributed by atoms with Crippen LogP contribution >= 0.6 is 11.3 Å². The largest absolute Gasteiger partial charge is 0.462 e. The Bertz CT molecular complexity index is 1050. The molecule has 0 saturated heterocycles. The Balaban J connectivity index is 2.21. The topological polar surface area (TPSA) is 71.5 Å². The van der Waals surface area contributed by atoms with Crippen molar-refractivity contribution in [3.05, 3.63) is 75.3 Å². The van der Waals surface area contributed by atoms with Crippen LogP contribution in [0.1, 0.15) is 64.1 Å². The van der Waals surface area contributed by atoms with E-state index in [0.717, 1.165) is 47.7 Å². The molecule has 1 aliphatic rings. The van der Waals surface area contributed by atoms with Crippen molar-refractivity contribution in [3.8, 4) is 0 Å². The lowest BCUT2D eigenvalue weighted by molar-refractivity contribution is -0.148. The zero-order valence-electron chi connectivity index (χ0n) is 23.3. The quantitative estimate of drug-likeness (QED) is 0.393. The molecule has 2 heterocycles. The number of nitrogens with zero attached hydrogens (tertiary/aromatic N) is 2. The van der Waals surface area contributed by atoms with Crippen molar-refractivity contribution in [3.63, 3.8) is 0 Å². The molecule has 37 heavy (non-hydrogen) atoms. The minimum Gasteiger partial charge on any atom is -0.462 e. The molecule has 1 N–H and O–H groups in total. The molecule has 6 nitrogen and oxygen atoms in total. The van der Waals surface area contributed by atoms with E-state index in [1.807, 2.05) is 34.0 Å². The average molecular weight is 526 g/mol. The summed E-state index contributed by atoms with van der Waals surface area (Å²) < 4.78 is 5.53. The van der Waals surface area contributed by atoms with E-state index in [2.05, 4.69) is 53.7 Å². The van der Waals surface area contributed by atoms with E-state index in [9.17, 15) is 9.59 Å². The number of aromatic nitrogens is 1. The van der Waals surface area contributed by atoms with Crippen molar-refractivity contribution in [1.29, 1.82) is 0 Å². The van der Waals surface area contributed by atoms with E-state index in [4.69, 9.17) is 9.72 Å². The maximum absolute atomic E-state index is 12.7. The van der Waals surface area contributed by atoms with Crippen molar-refractivity contribution in [2.45, 2.75) is 78.4 Å². The second kappa shape index (κ2) is 16.2. The fourth-order valence-electron chi connectivity index (χ4n) is 3.88. The molecule has 0 spiro atoms. The number of hydrogen-bond acceptors (Lipinski definition) is 6. The zero-order chi connectivity index (χ0) is 27.2. The second-order valence-electron chi connectivity index (χ2n) is 10.1. The average Bonchev–Trinajstić information content (AvgIpc) is 3.25. The number of hydrogen-bond donors (Lipinski definition) is 1. The molecule has 1 aliphatic heterocycles. The summed E-state index contributed by atoms with van der Waals surface area (Å²) in [6, 6.07) is -0.176. The number of nitrogens with one attached hydrogen (secondary N) is 1. The first kappa shape index (κ1) is 30.5. The number of allylic oxidation sites excluding steroid dienone is 6. The van der Waals surface area contributed by atoms with E-state index < -0.39 is 0 Å². The number of ether oxygens (including phenoxy) is 1. The molecule has 0 aromatic carbocycles. The fourth-order valence-corrected chi connectivity index (χ4v) is 4.77. The number of amides is 1. The Morgan fingerprint density at radius 1 is 1.16 bits per heavy atom. The monoisotopic (exact) mass is 525 g/mol. The molecule has 0 fully saturated rings. The van der Waals surface area contributed by atoms with Crippen molar-refractivity contribution in [1.82, 2.24) is 15.2 Å². The minimum absolute atomic E-state index is 0.154. The predicted octanol–water partition coefficient (Wildman–Crippen LogP) is 5.73. The van der Waals surface area contributed by atoms with Gasteiger partial charge in [0.2, 0.25) is 5.91 Å². The Hall–Kier alpha value is -2.77. The molecule has 0 aliphatic carbocycles. The molecule has 202 valence electrons. The molecule has 1 aromatic rings. The van der Waals surface area contributed by atoms with Crippen LogP contribution in [-0.4, -0.2) is 54.5 Å². The number of likely N-dealkylation sites (N-methyl/N-ethyl adjacent to an activating group) is 1. The van der Waals surface area contributed by atoms with Crippen LogP contribution < -0.4 is 5.32 Å². The summed E-state index contributed by atoms with van der Waals surface area (Å²) >= 11 is 1.62. The molecule has 1 unspecified atom stereocenters. The van der Waals surface area contributed by atoms with Gasteiger partial charge in [0.25, 0.3) is 0 Å². The van der Waals surface area contributed by atoms with Gasteiger partial charge in [0.1, 0.15) is 6.10 Å². The smallest absolute Gasteiger partial charge is 0.306 e. The third kappa shape index (κ3) is 13.4. The number of aryl methyl sites for hydroxylation is 1. The Kier molecular flexibility index (Phi) is 13.3. The third-order valence-corrected chi connectivity index (χ3v) is 6.73. The van der Waals surface area contributed by atoms with Crippen LogP contribution in [0.3, 0.4) is 0 Å². The molecule has 2 rings (SSSR count). The molecule has 2 bridgehead atoms. The highest BCUT2D eigenvalue weighted by Crippen LogP contribution is 2.17. The van der Waals surface area contributed by atoms with Crippen molar-refractivity contribution in [2.75, 3.05) is 20.6 Å². The lowest BCUT2D eigenvalue weighted by atomic mass is 10.1. The van der Waals surface area contributed by atoms with Crippen LogP contribution in [0.25, 0.3) is 0 Å². The van der Waals surface area contributed by atoms with Crippen LogP contribution in [-0.2, 0) is 27.2 Å². The summed E-state index contributed by atoms with van der Waals surface area (Å²) in [4.78, 5) is 31.8. The summed E-state index contributed by atoms with van der Waals surface area (Å²) in [5.74, 6) is -0.312. The SMILES string of the molecule is CC1=C/C=C\C(=O)NC(/C=C(C)/C=C/C(C)=C/CN(C)C)Cc2nc(cs2)CCCCC(=O)O[C@H](C)C1. The number of thiazole rings is 1. The molecule has 2 atom stereocenters. The zero-order valence-corrected chi connectivity index (χ0v) is 24.1. The molecule has 1 amide bonds. The molecule has 1 aromatic heterocycles. The maximum atomic E-state index is 12.7. The number of rotatable bonds is 5. The van der Waals surface area contributed by atoms with Crippen molar-refractivity contribution < 1.29 is 14.3 Å². The van der Waals surface area contributed by atoms with Gasteiger partial charge in [-0.2, -0.15) is 0 Å². The van der Waals surface area contributed by atoms with Gasteiger partial charge in [-0.3, -0.25) is 9.59 Å². The van der Waals surface area contributed by atoms with Gasteiger partial charge in [0.05, 0.1) is 16.7 Å². The second-order valence-corrected chi connectivity index (χ2v) is 11.0. The van der Waals surface area contributed by atoms with Crippen molar-refractivity contribution in [2.24, 2.45) is 0 Å². The van der Waals surface area contributed by atoms with Gasteiger partial charge < -0.3 is 15.0 Å². The standard InChI is InChI=1S/C30H43N3O3S/c1-22(16-17-33(5)6)14-15-24(3)19-27-20-29-32-26(21-37-29)11-7-8-13-30(35)36-25(4)18-23(2)10-9-12-28(34)31-27/h9-10,12,14-16,19,21,25,27H,7-8,11,13,17-18,20H2,1-6H3,(H,31,34)/b12-9-,15-14+,22-16+,23-10?,24-19+/t25-,27?/m1/s1. The summed E-state index contributed by atoms with van der Waals surface area (Å²) in [5.41, 5.74) is 4.36. The number of carbonyl (C=O) groups excluding carboxylic acids is 2. The number of carbonyl (C=O) groups is 2. The van der Waals surface area contributed by atoms with Gasteiger partial charge in [0, 0.05) is 37.3 Å². The highest BCUT2D eigenvalue weighted by atomic mass is 32.1. The predicted molar refractivity (Wildman–Crippen MR) is 154 cm³/mol. The molecule has 0 saturated carbocycles. The lowest BCUT2D eigenvalue weighted by Gasteiger charge is -2.14. The van der Waals surface area contributed by atoms with E-state index in [1.165, 1.54) is 5.57 Å². The molecule has 0 radical (unpaired) electrons. The van der Waals surface area contributed by atoms with Gasteiger partial charge in [-0.1, -0.05) is 53.2 Å². The van der Waals surface area contributed by atoms with Crippen LogP contribution in [0.15, 0.2) is 64.6 Å². The highest BCUT2D eigenvalue weighted by molar-refractivity contribution is 7.09. The molecule has 7 heteroatoms. The number of esters is 1. The number of cyclic esters (lactones) is 1. The summed E-state index contributed by atoms with van der Waals surface area (Å²) in [5, 5.41) is 6.20. The van der Waals surface area contributed by atoms with E-state index >= 15 is 0 Å². The first-order valence-electron chi connectivity index (χ1n) is 13.1. The number of fused-ring (bicyclic) bond motifs is 2. The van der Waals surface area contributed by atoms with Crippen molar-refractivity contribution >= 4 is 23.2 Å². The van der Waals surface area contributed by atoms with E-state index in [1.54, 1.807) is 23.5 Å². The van der Waals surface area contributed by atoms with Gasteiger partial charge in [-0.25, -0.2) is 4.98 Å². The van der Waals surface area contributed by atoms with Crippen LogP contribution in [0.5, 0.6) is 0 Å². The van der Waals surface area contributed by atoms with E-state index in [-0.39, 0.29) is 24.0 Å². The highest BCUT2D eigenvalue weighted by Gasteiger charge is 2.14. The maximum Gasteiger partial charge on any atom is 0.306 e. The Labute approximate surface area is 226 Å². The Morgan fingerprint density at radius 2 is 1.89 bits per heavy atom. The molecular weight excluding hydrogens is 482 g/mol. The summed E-state index contributed by atoms with van der Waals surface area (Å²) in [6.45, 7) is 8.92. The van der Waals surface area contributed by atoms with Gasteiger partial charge in [0.15, 0.2) is 0 Å². The third-order valence-electron chi connectivity index (χ3n) is 5.81.